The van der Waals surface area contributed by atoms with Crippen molar-refractivity contribution in [2.45, 2.75) is 33.1 Å². The predicted molar refractivity (Wildman–Crippen MR) is 90.1 cm³/mol. The van der Waals surface area contributed by atoms with Crippen LogP contribution < -0.4 is 0 Å². The monoisotopic (exact) mass is 416 g/mol. The lowest BCUT2D eigenvalue weighted by atomic mass is 10.1. The Morgan fingerprint density at radius 1 is 1.04 bits per heavy atom. The molecule has 0 atom stereocenters. The SMILES string of the molecule is CCOP(=O)(OCC)/C(C)=C(\C=C\c1ccccc1C(F)(F)F)C(F)(F)F. The zero-order valence-corrected chi connectivity index (χ0v) is 15.7. The molecule has 152 valence electrons. The number of alkyl halides is 6. The van der Waals surface area contributed by atoms with Crippen LogP contribution in [0, 0.1) is 0 Å². The van der Waals surface area contributed by atoms with Crippen molar-refractivity contribution in [2.75, 3.05) is 13.2 Å². The molecule has 0 N–H and O–H groups in total. The van der Waals surface area contributed by atoms with E-state index in [0.29, 0.717) is 12.2 Å². The number of hydrogen-bond donors (Lipinski definition) is 0. The van der Waals surface area contributed by atoms with E-state index in [-0.39, 0.29) is 13.2 Å². The van der Waals surface area contributed by atoms with Gasteiger partial charge in [0.25, 0.3) is 0 Å². The van der Waals surface area contributed by atoms with Gasteiger partial charge in [0.2, 0.25) is 0 Å². The van der Waals surface area contributed by atoms with Gasteiger partial charge in [-0.05, 0) is 38.5 Å². The quantitative estimate of drug-likeness (QED) is 0.278. The minimum atomic E-state index is -4.97. The van der Waals surface area contributed by atoms with Crippen molar-refractivity contribution in [3.63, 3.8) is 0 Å². The minimum Gasteiger partial charge on any atom is -0.306 e. The van der Waals surface area contributed by atoms with Crippen LogP contribution in [0.1, 0.15) is 31.9 Å². The Hall–Kier alpha value is -1.57. The van der Waals surface area contributed by atoms with E-state index in [2.05, 4.69) is 0 Å². The number of rotatable bonds is 7. The van der Waals surface area contributed by atoms with Crippen molar-refractivity contribution in [3.8, 4) is 0 Å². The third kappa shape index (κ3) is 6.23. The smallest absolute Gasteiger partial charge is 0.306 e. The van der Waals surface area contributed by atoms with Gasteiger partial charge in [-0.25, -0.2) is 0 Å². The molecule has 0 spiro atoms. The summed E-state index contributed by atoms with van der Waals surface area (Å²) in [5, 5.41) is -0.723. The van der Waals surface area contributed by atoms with Crippen LogP contribution in [0.5, 0.6) is 0 Å². The number of halogens is 6. The highest BCUT2D eigenvalue weighted by molar-refractivity contribution is 7.58. The first-order valence-corrected chi connectivity index (χ1v) is 9.43. The van der Waals surface area contributed by atoms with Crippen molar-refractivity contribution < 1.29 is 40.0 Å². The fourth-order valence-corrected chi connectivity index (χ4v) is 3.85. The molecule has 3 nitrogen and oxygen atoms in total. The van der Waals surface area contributed by atoms with Gasteiger partial charge in [0, 0.05) is 0 Å². The van der Waals surface area contributed by atoms with Gasteiger partial charge in [0.05, 0.1) is 29.7 Å². The molecule has 0 saturated carbocycles. The van der Waals surface area contributed by atoms with Gasteiger partial charge in [0.1, 0.15) is 0 Å². The topological polar surface area (TPSA) is 35.5 Å². The predicted octanol–water partition coefficient (Wildman–Crippen LogP) is 6.82. The normalized spacial score (nSPS) is 14.6. The summed E-state index contributed by atoms with van der Waals surface area (Å²) in [6.07, 6.45) is -8.58. The van der Waals surface area contributed by atoms with Gasteiger partial charge in [-0.2, -0.15) is 26.3 Å². The first-order chi connectivity index (χ1) is 12.4. The number of allylic oxidation sites excluding steroid dienone is 3. The first kappa shape index (κ1) is 23.5. The average molecular weight is 416 g/mol. The van der Waals surface area contributed by atoms with Gasteiger partial charge >= 0.3 is 19.9 Å². The second kappa shape index (κ2) is 9.08. The molecule has 0 bridgehead atoms. The van der Waals surface area contributed by atoms with Gasteiger partial charge in [-0.1, -0.05) is 24.3 Å². The number of hydrogen-bond acceptors (Lipinski definition) is 3. The molecule has 0 saturated heterocycles. The summed E-state index contributed by atoms with van der Waals surface area (Å²) < 4.78 is 102. The van der Waals surface area contributed by atoms with Crippen molar-refractivity contribution in [3.05, 3.63) is 52.4 Å². The molecule has 0 amide bonds. The van der Waals surface area contributed by atoms with E-state index < -0.39 is 42.0 Å². The second-order valence-electron chi connectivity index (χ2n) is 5.25. The van der Waals surface area contributed by atoms with Gasteiger partial charge < -0.3 is 9.05 Å². The van der Waals surface area contributed by atoms with Gasteiger partial charge in [-0.15, -0.1) is 0 Å². The largest absolute Gasteiger partial charge is 0.416 e. The van der Waals surface area contributed by atoms with E-state index in [1.54, 1.807) is 0 Å². The molecule has 1 rings (SSSR count). The van der Waals surface area contributed by atoms with Gasteiger partial charge in [0.15, 0.2) is 0 Å². The lowest BCUT2D eigenvalue weighted by Crippen LogP contribution is -2.13. The van der Waals surface area contributed by atoms with Gasteiger partial charge in [-0.3, -0.25) is 4.57 Å². The van der Waals surface area contributed by atoms with Crippen molar-refractivity contribution in [2.24, 2.45) is 0 Å². The van der Waals surface area contributed by atoms with E-state index in [1.807, 2.05) is 0 Å². The molecule has 0 aliphatic rings. The Bertz CT molecular complexity index is 740. The summed E-state index contributed by atoms with van der Waals surface area (Å²) in [5.41, 5.74) is -2.93. The maximum Gasteiger partial charge on any atom is 0.416 e. The Balaban J connectivity index is 3.52. The standard InChI is InChI=1S/C17H19F6O3P/c1-4-25-27(24,26-5-2)12(3)14(16(18,19)20)11-10-13-8-6-7-9-15(13)17(21,22)23/h6-11H,4-5H2,1-3H3/b11-10+,14-12+. The first-order valence-electron chi connectivity index (χ1n) is 7.88. The molecular weight excluding hydrogens is 397 g/mol. The van der Waals surface area contributed by atoms with E-state index in [1.165, 1.54) is 19.9 Å². The molecule has 0 aliphatic heterocycles. The Kier molecular flexibility index (Phi) is 7.89. The van der Waals surface area contributed by atoms with Crippen LogP contribution in [0.4, 0.5) is 26.3 Å². The third-order valence-corrected chi connectivity index (χ3v) is 5.66. The third-order valence-electron chi connectivity index (χ3n) is 3.40. The van der Waals surface area contributed by atoms with Crippen LogP contribution in [-0.4, -0.2) is 19.4 Å². The molecule has 1 aromatic rings. The van der Waals surface area contributed by atoms with Crippen LogP contribution in [0.15, 0.2) is 41.2 Å². The molecular formula is C17H19F6O3P. The summed E-state index contributed by atoms with van der Waals surface area (Å²) in [4.78, 5) is 0. The lowest BCUT2D eigenvalue weighted by molar-refractivity contribution is -0.137. The maximum absolute atomic E-state index is 13.5. The molecule has 27 heavy (non-hydrogen) atoms. The summed E-state index contributed by atoms with van der Waals surface area (Å²) in [6, 6.07) is 4.19. The van der Waals surface area contributed by atoms with Crippen LogP contribution in [0.2, 0.25) is 0 Å². The Morgan fingerprint density at radius 2 is 1.56 bits per heavy atom. The fourth-order valence-electron chi connectivity index (χ4n) is 2.21. The molecule has 0 radical (unpaired) electrons. The molecule has 1 aromatic carbocycles. The Morgan fingerprint density at radius 3 is 2.00 bits per heavy atom. The van der Waals surface area contributed by atoms with Crippen molar-refractivity contribution in [1.29, 1.82) is 0 Å². The summed E-state index contributed by atoms with van der Waals surface area (Å²) in [7, 11) is -4.24. The molecule has 10 heteroatoms. The van der Waals surface area contributed by atoms with Crippen LogP contribution in [-0.2, 0) is 19.8 Å². The van der Waals surface area contributed by atoms with E-state index in [4.69, 9.17) is 9.05 Å². The summed E-state index contributed by atoms with van der Waals surface area (Å²) in [6.45, 7) is 3.46. The van der Waals surface area contributed by atoms with Crippen molar-refractivity contribution in [1.82, 2.24) is 0 Å². The zero-order valence-electron chi connectivity index (χ0n) is 14.8. The van der Waals surface area contributed by atoms with Crippen molar-refractivity contribution >= 4 is 13.7 Å². The highest BCUT2D eigenvalue weighted by Crippen LogP contribution is 2.58. The molecule has 0 aliphatic carbocycles. The highest BCUT2D eigenvalue weighted by atomic mass is 31.2. The van der Waals surface area contributed by atoms with Crippen LogP contribution in [0.25, 0.3) is 6.08 Å². The Labute approximate surface area is 153 Å². The number of benzene rings is 1. The van der Waals surface area contributed by atoms with E-state index in [9.17, 15) is 30.9 Å². The fraction of sp³-hybridized carbons (Fsp3) is 0.412. The molecule has 0 heterocycles. The highest BCUT2D eigenvalue weighted by Gasteiger charge is 2.40. The van der Waals surface area contributed by atoms with Crippen LogP contribution in [0.3, 0.4) is 0 Å². The van der Waals surface area contributed by atoms with E-state index >= 15 is 0 Å². The molecule has 0 aromatic heterocycles. The second-order valence-corrected chi connectivity index (χ2v) is 7.43. The molecule has 0 unspecified atom stereocenters. The summed E-state index contributed by atoms with van der Waals surface area (Å²) >= 11 is 0. The molecule has 0 fully saturated rings. The zero-order chi connectivity index (χ0) is 20.9. The average Bonchev–Trinajstić information content (AvgIpc) is 2.53. The van der Waals surface area contributed by atoms with E-state index in [0.717, 1.165) is 25.1 Å². The van der Waals surface area contributed by atoms with Crippen LogP contribution >= 0.6 is 7.60 Å². The lowest BCUT2D eigenvalue weighted by Gasteiger charge is -2.21. The minimum absolute atomic E-state index is 0.166. The summed E-state index contributed by atoms with van der Waals surface area (Å²) in [5.74, 6) is 0. The maximum atomic E-state index is 13.5.